The summed E-state index contributed by atoms with van der Waals surface area (Å²) in [6.45, 7) is 0.105. The number of carbonyl (C=O) groups is 2. The monoisotopic (exact) mass is 274 g/mol. The van der Waals surface area contributed by atoms with Gasteiger partial charge in [0.1, 0.15) is 0 Å². The number of unbranched alkanes of at least 4 members (excludes halogenated alkanes) is 1. The van der Waals surface area contributed by atoms with Crippen molar-refractivity contribution in [3.05, 3.63) is 35.9 Å². The molecule has 1 aliphatic rings. The number of aryl methyl sites for hydroxylation is 1. The lowest BCUT2D eigenvalue weighted by molar-refractivity contribution is -0.126. The van der Waals surface area contributed by atoms with E-state index < -0.39 is 0 Å². The Kier molecular flexibility index (Phi) is 5.59. The summed E-state index contributed by atoms with van der Waals surface area (Å²) >= 11 is 0. The van der Waals surface area contributed by atoms with Gasteiger partial charge in [0.05, 0.1) is 6.54 Å². The molecule has 0 atom stereocenters. The van der Waals surface area contributed by atoms with Gasteiger partial charge in [-0.3, -0.25) is 9.59 Å². The lowest BCUT2D eigenvalue weighted by atomic mass is 10.1. The van der Waals surface area contributed by atoms with E-state index in [1.165, 1.54) is 5.56 Å². The van der Waals surface area contributed by atoms with E-state index in [4.69, 9.17) is 0 Å². The van der Waals surface area contributed by atoms with Crippen LogP contribution in [0.1, 0.15) is 37.7 Å². The largest absolute Gasteiger partial charge is 0.352 e. The SMILES string of the molecule is O=C(CCCCc1ccccc1)NCC(=O)NC1CC1. The molecule has 0 spiro atoms. The van der Waals surface area contributed by atoms with Gasteiger partial charge in [-0.05, 0) is 37.7 Å². The molecule has 1 fully saturated rings. The summed E-state index contributed by atoms with van der Waals surface area (Å²) in [6.07, 6.45) is 5.47. The lowest BCUT2D eigenvalue weighted by Crippen LogP contribution is -2.37. The van der Waals surface area contributed by atoms with E-state index in [1.54, 1.807) is 0 Å². The van der Waals surface area contributed by atoms with Crippen LogP contribution in [-0.4, -0.2) is 24.4 Å². The maximum Gasteiger partial charge on any atom is 0.239 e. The molecule has 4 nitrogen and oxygen atoms in total. The second kappa shape index (κ2) is 7.68. The summed E-state index contributed by atoms with van der Waals surface area (Å²) < 4.78 is 0. The summed E-state index contributed by atoms with van der Waals surface area (Å²) in [7, 11) is 0. The van der Waals surface area contributed by atoms with Gasteiger partial charge in [-0.15, -0.1) is 0 Å². The van der Waals surface area contributed by atoms with Crippen molar-refractivity contribution in [3.8, 4) is 0 Å². The van der Waals surface area contributed by atoms with Crippen LogP contribution in [-0.2, 0) is 16.0 Å². The molecule has 0 bridgehead atoms. The number of carbonyl (C=O) groups excluding carboxylic acids is 2. The van der Waals surface area contributed by atoms with Crippen LogP contribution in [0.25, 0.3) is 0 Å². The van der Waals surface area contributed by atoms with E-state index in [2.05, 4.69) is 22.8 Å². The van der Waals surface area contributed by atoms with E-state index in [-0.39, 0.29) is 18.4 Å². The summed E-state index contributed by atoms with van der Waals surface area (Å²) in [5, 5.41) is 5.51. The smallest absolute Gasteiger partial charge is 0.239 e. The Morgan fingerprint density at radius 1 is 1.05 bits per heavy atom. The second-order valence-corrected chi connectivity index (χ2v) is 5.31. The third-order valence-corrected chi connectivity index (χ3v) is 3.35. The minimum absolute atomic E-state index is 0.0380. The van der Waals surface area contributed by atoms with Gasteiger partial charge in [-0.1, -0.05) is 30.3 Å². The van der Waals surface area contributed by atoms with Crippen molar-refractivity contribution in [2.45, 2.75) is 44.6 Å². The van der Waals surface area contributed by atoms with Crippen LogP contribution >= 0.6 is 0 Å². The van der Waals surface area contributed by atoms with Crippen molar-refractivity contribution in [2.24, 2.45) is 0 Å². The predicted molar refractivity (Wildman–Crippen MR) is 78.2 cm³/mol. The van der Waals surface area contributed by atoms with Gasteiger partial charge in [0.15, 0.2) is 0 Å². The molecule has 2 rings (SSSR count). The summed E-state index contributed by atoms with van der Waals surface area (Å²) in [6, 6.07) is 10.6. The first-order valence-electron chi connectivity index (χ1n) is 7.34. The van der Waals surface area contributed by atoms with Crippen molar-refractivity contribution in [1.29, 1.82) is 0 Å². The average molecular weight is 274 g/mol. The minimum atomic E-state index is -0.0786. The van der Waals surface area contributed by atoms with Crippen LogP contribution in [0.5, 0.6) is 0 Å². The Morgan fingerprint density at radius 3 is 2.50 bits per heavy atom. The van der Waals surface area contributed by atoms with Crippen LogP contribution in [0, 0.1) is 0 Å². The summed E-state index contributed by atoms with van der Waals surface area (Å²) in [5.74, 6) is -0.117. The molecule has 20 heavy (non-hydrogen) atoms. The summed E-state index contributed by atoms with van der Waals surface area (Å²) in [4.78, 5) is 23.0. The topological polar surface area (TPSA) is 58.2 Å². The van der Waals surface area contributed by atoms with Gasteiger partial charge in [-0.2, -0.15) is 0 Å². The van der Waals surface area contributed by atoms with Gasteiger partial charge < -0.3 is 10.6 Å². The number of rotatable bonds is 8. The fraction of sp³-hybridized carbons (Fsp3) is 0.500. The molecule has 1 aromatic carbocycles. The number of benzene rings is 1. The van der Waals surface area contributed by atoms with E-state index in [1.807, 2.05) is 18.2 Å². The highest BCUT2D eigenvalue weighted by Gasteiger charge is 2.22. The number of amides is 2. The van der Waals surface area contributed by atoms with Crippen LogP contribution in [0.2, 0.25) is 0 Å². The Labute approximate surface area is 119 Å². The number of hydrogen-bond donors (Lipinski definition) is 2. The summed E-state index contributed by atoms with van der Waals surface area (Å²) in [5.41, 5.74) is 1.30. The van der Waals surface area contributed by atoms with Gasteiger partial charge in [-0.25, -0.2) is 0 Å². The highest BCUT2D eigenvalue weighted by Crippen LogP contribution is 2.18. The molecular weight excluding hydrogens is 252 g/mol. The van der Waals surface area contributed by atoms with Crippen molar-refractivity contribution < 1.29 is 9.59 Å². The second-order valence-electron chi connectivity index (χ2n) is 5.31. The maximum absolute atomic E-state index is 11.6. The van der Waals surface area contributed by atoms with Crippen LogP contribution in [0.4, 0.5) is 0 Å². The normalized spacial score (nSPS) is 13.8. The molecule has 4 heteroatoms. The zero-order valence-corrected chi connectivity index (χ0v) is 11.7. The van der Waals surface area contributed by atoms with Crippen molar-refractivity contribution in [3.63, 3.8) is 0 Å². The molecule has 0 radical (unpaired) electrons. The van der Waals surface area contributed by atoms with E-state index in [9.17, 15) is 9.59 Å². The zero-order valence-electron chi connectivity index (χ0n) is 11.7. The van der Waals surface area contributed by atoms with Crippen molar-refractivity contribution in [2.75, 3.05) is 6.54 Å². The quantitative estimate of drug-likeness (QED) is 0.710. The molecule has 108 valence electrons. The Morgan fingerprint density at radius 2 is 1.80 bits per heavy atom. The van der Waals surface area contributed by atoms with E-state index in [0.717, 1.165) is 32.1 Å². The van der Waals surface area contributed by atoms with Crippen molar-refractivity contribution >= 4 is 11.8 Å². The Bertz CT molecular complexity index is 441. The van der Waals surface area contributed by atoms with Crippen LogP contribution < -0.4 is 10.6 Å². The van der Waals surface area contributed by atoms with Gasteiger partial charge >= 0.3 is 0 Å². The molecule has 0 unspecified atom stereocenters. The van der Waals surface area contributed by atoms with Gasteiger partial charge in [0, 0.05) is 12.5 Å². The lowest BCUT2D eigenvalue weighted by Gasteiger charge is -2.06. The molecule has 1 saturated carbocycles. The molecule has 0 heterocycles. The zero-order chi connectivity index (χ0) is 14.2. The molecule has 2 N–H and O–H groups in total. The molecule has 2 amide bonds. The fourth-order valence-electron chi connectivity index (χ4n) is 2.03. The standard InChI is InChI=1S/C16H22N2O2/c19-15(17-12-16(20)18-14-10-11-14)9-5-4-8-13-6-2-1-3-7-13/h1-3,6-7,14H,4-5,8-12H2,(H,17,19)(H,18,20). The first-order chi connectivity index (χ1) is 9.74. The van der Waals surface area contributed by atoms with Crippen LogP contribution in [0.15, 0.2) is 30.3 Å². The maximum atomic E-state index is 11.6. The highest BCUT2D eigenvalue weighted by molar-refractivity contribution is 5.84. The van der Waals surface area contributed by atoms with Gasteiger partial charge in [0.2, 0.25) is 11.8 Å². The van der Waals surface area contributed by atoms with E-state index >= 15 is 0 Å². The Hall–Kier alpha value is -1.84. The molecule has 1 aromatic rings. The molecule has 0 aliphatic heterocycles. The first kappa shape index (κ1) is 14.6. The van der Waals surface area contributed by atoms with Crippen molar-refractivity contribution in [1.82, 2.24) is 10.6 Å². The number of nitrogens with one attached hydrogen (secondary N) is 2. The van der Waals surface area contributed by atoms with E-state index in [0.29, 0.717) is 12.5 Å². The number of hydrogen-bond acceptors (Lipinski definition) is 2. The molecule has 0 aromatic heterocycles. The Balaban J connectivity index is 1.50. The average Bonchev–Trinajstić information content (AvgIpc) is 3.26. The predicted octanol–water partition coefficient (Wildman–Crippen LogP) is 1.79. The third kappa shape index (κ3) is 5.87. The molecule has 1 aliphatic carbocycles. The minimum Gasteiger partial charge on any atom is -0.352 e. The molecular formula is C16H22N2O2. The third-order valence-electron chi connectivity index (χ3n) is 3.35. The highest BCUT2D eigenvalue weighted by atomic mass is 16.2. The van der Waals surface area contributed by atoms with Gasteiger partial charge in [0.25, 0.3) is 0 Å². The first-order valence-corrected chi connectivity index (χ1v) is 7.34. The molecule has 0 saturated heterocycles. The fourth-order valence-corrected chi connectivity index (χ4v) is 2.03. The van der Waals surface area contributed by atoms with Crippen LogP contribution in [0.3, 0.4) is 0 Å².